The van der Waals surface area contributed by atoms with E-state index >= 15 is 0 Å². The number of anilines is 1. The zero-order chi connectivity index (χ0) is 21.9. The highest BCUT2D eigenvalue weighted by atomic mass is 127. The van der Waals surface area contributed by atoms with E-state index in [0.717, 1.165) is 57.2 Å². The van der Waals surface area contributed by atoms with Crippen molar-refractivity contribution in [1.29, 1.82) is 0 Å². The van der Waals surface area contributed by atoms with E-state index in [1.165, 1.54) is 16.8 Å². The number of ether oxygens (including phenoxy) is 1. The van der Waals surface area contributed by atoms with Crippen molar-refractivity contribution in [2.45, 2.75) is 32.7 Å². The van der Waals surface area contributed by atoms with Crippen LogP contribution >= 0.6 is 24.0 Å². The van der Waals surface area contributed by atoms with Gasteiger partial charge >= 0.3 is 0 Å². The summed E-state index contributed by atoms with van der Waals surface area (Å²) in [5, 5.41) is 16.1. The van der Waals surface area contributed by atoms with Crippen LogP contribution in [0.1, 0.15) is 30.9 Å². The third-order valence-corrected chi connectivity index (χ3v) is 5.82. The van der Waals surface area contributed by atoms with Crippen molar-refractivity contribution in [3.8, 4) is 5.75 Å². The fourth-order valence-corrected chi connectivity index (χ4v) is 3.92. The third-order valence-electron chi connectivity index (χ3n) is 5.82. The van der Waals surface area contributed by atoms with Crippen LogP contribution in [0.15, 0.2) is 53.5 Å². The van der Waals surface area contributed by atoms with E-state index in [1.54, 1.807) is 7.11 Å². The number of hydrogen-bond donors (Lipinski definition) is 3. The lowest BCUT2D eigenvalue weighted by atomic mass is 9.97. The predicted octanol–water partition coefficient (Wildman–Crippen LogP) is 3.82. The fourth-order valence-electron chi connectivity index (χ4n) is 3.92. The van der Waals surface area contributed by atoms with Crippen molar-refractivity contribution in [3.05, 3.63) is 59.7 Å². The molecular weight excluding hydrogens is 515 g/mol. The van der Waals surface area contributed by atoms with Gasteiger partial charge in [-0.2, -0.15) is 0 Å². The molecule has 0 atom stereocenters. The van der Waals surface area contributed by atoms with Crippen LogP contribution in [0.3, 0.4) is 0 Å². The standard InChI is InChI=1S/C25H36N4O2.HI/c1-3-26-25(27-15-12-22-6-4-5-7-24(22)31-2)28-18-20-8-10-23(11-9-20)29-16-13-21(19-30)14-17-29;/h4-11,21,30H,3,12-19H2,1-2H3,(H2,26,27,28);1H. The van der Waals surface area contributed by atoms with Crippen molar-refractivity contribution in [2.24, 2.45) is 10.9 Å². The number of aliphatic imine (C=N–C) groups is 1. The maximum Gasteiger partial charge on any atom is 0.191 e. The Labute approximate surface area is 209 Å². The van der Waals surface area contributed by atoms with Crippen molar-refractivity contribution in [2.75, 3.05) is 44.8 Å². The normalized spacial score (nSPS) is 14.6. The van der Waals surface area contributed by atoms with Crippen LogP contribution in [0, 0.1) is 5.92 Å². The molecule has 32 heavy (non-hydrogen) atoms. The minimum Gasteiger partial charge on any atom is -0.496 e. The molecule has 0 aliphatic carbocycles. The van der Waals surface area contributed by atoms with Crippen LogP contribution in [-0.4, -0.2) is 51.0 Å². The zero-order valence-electron chi connectivity index (χ0n) is 19.2. The Kier molecular flexibility index (Phi) is 11.7. The molecule has 7 heteroatoms. The first-order valence-corrected chi connectivity index (χ1v) is 11.3. The first-order chi connectivity index (χ1) is 15.2. The van der Waals surface area contributed by atoms with E-state index in [-0.39, 0.29) is 24.0 Å². The van der Waals surface area contributed by atoms with Crippen molar-refractivity contribution in [1.82, 2.24) is 10.6 Å². The number of benzene rings is 2. The van der Waals surface area contributed by atoms with E-state index in [9.17, 15) is 5.11 Å². The number of aliphatic hydroxyl groups excluding tert-OH is 1. The highest BCUT2D eigenvalue weighted by molar-refractivity contribution is 14.0. The van der Waals surface area contributed by atoms with Gasteiger partial charge in [0.15, 0.2) is 5.96 Å². The van der Waals surface area contributed by atoms with Gasteiger partial charge in [-0.3, -0.25) is 0 Å². The molecule has 2 aromatic rings. The van der Waals surface area contributed by atoms with Crippen molar-refractivity contribution in [3.63, 3.8) is 0 Å². The van der Waals surface area contributed by atoms with Gasteiger partial charge in [-0.25, -0.2) is 4.99 Å². The number of rotatable bonds is 9. The number of nitrogens with zero attached hydrogens (tertiary/aromatic N) is 2. The number of para-hydroxylation sites is 1. The Hall–Kier alpha value is -2.00. The van der Waals surface area contributed by atoms with Crippen molar-refractivity contribution < 1.29 is 9.84 Å². The Morgan fingerprint density at radius 3 is 2.47 bits per heavy atom. The van der Waals surface area contributed by atoms with Gasteiger partial charge in [0, 0.05) is 38.5 Å². The van der Waals surface area contributed by atoms with Crippen LogP contribution in [-0.2, 0) is 13.0 Å². The average Bonchev–Trinajstić information content (AvgIpc) is 2.83. The predicted molar refractivity (Wildman–Crippen MR) is 143 cm³/mol. The topological polar surface area (TPSA) is 69.1 Å². The minimum atomic E-state index is 0. The summed E-state index contributed by atoms with van der Waals surface area (Å²) < 4.78 is 5.43. The second kappa shape index (κ2) is 14.2. The number of methoxy groups -OCH3 is 1. The molecule has 0 radical (unpaired) electrons. The number of guanidine groups is 1. The SMILES string of the molecule is CCNC(=NCc1ccc(N2CCC(CO)CC2)cc1)NCCc1ccccc1OC.I. The number of aliphatic hydroxyl groups is 1. The molecule has 3 N–H and O–H groups in total. The zero-order valence-corrected chi connectivity index (χ0v) is 21.5. The van der Waals surface area contributed by atoms with Crippen LogP contribution in [0.2, 0.25) is 0 Å². The van der Waals surface area contributed by atoms with E-state index in [4.69, 9.17) is 9.73 Å². The Balaban J connectivity index is 0.00000363. The highest BCUT2D eigenvalue weighted by Gasteiger charge is 2.18. The van der Waals surface area contributed by atoms with Gasteiger partial charge in [-0.15, -0.1) is 24.0 Å². The average molecular weight is 553 g/mol. The first-order valence-electron chi connectivity index (χ1n) is 11.3. The van der Waals surface area contributed by atoms with Gasteiger partial charge in [-0.05, 0) is 61.4 Å². The summed E-state index contributed by atoms with van der Waals surface area (Å²) in [6.45, 7) is 6.67. The molecule has 0 spiro atoms. The molecule has 1 aliphatic rings. The minimum absolute atomic E-state index is 0. The van der Waals surface area contributed by atoms with Gasteiger partial charge in [-0.1, -0.05) is 30.3 Å². The lowest BCUT2D eigenvalue weighted by Gasteiger charge is -2.32. The Morgan fingerprint density at radius 2 is 1.81 bits per heavy atom. The van der Waals surface area contributed by atoms with Crippen LogP contribution in [0.4, 0.5) is 5.69 Å². The monoisotopic (exact) mass is 552 g/mol. The maximum atomic E-state index is 9.32. The van der Waals surface area contributed by atoms with Crippen LogP contribution in [0.25, 0.3) is 0 Å². The molecule has 2 aromatic carbocycles. The fraction of sp³-hybridized carbons (Fsp3) is 0.480. The lowest BCUT2D eigenvalue weighted by Crippen LogP contribution is -2.38. The van der Waals surface area contributed by atoms with E-state index in [0.29, 0.717) is 19.1 Å². The highest BCUT2D eigenvalue weighted by Crippen LogP contribution is 2.23. The summed E-state index contributed by atoms with van der Waals surface area (Å²) in [6, 6.07) is 16.8. The van der Waals surface area contributed by atoms with Crippen LogP contribution < -0.4 is 20.3 Å². The molecule has 0 bridgehead atoms. The molecule has 3 rings (SSSR count). The number of nitrogens with one attached hydrogen (secondary N) is 2. The molecule has 1 heterocycles. The Bertz CT molecular complexity index is 821. The first kappa shape index (κ1) is 26.3. The van der Waals surface area contributed by atoms with Gasteiger partial charge < -0.3 is 25.4 Å². The molecule has 6 nitrogen and oxygen atoms in total. The quantitative estimate of drug-likeness (QED) is 0.251. The van der Waals surface area contributed by atoms with Gasteiger partial charge in [0.2, 0.25) is 0 Å². The van der Waals surface area contributed by atoms with Gasteiger partial charge in [0.25, 0.3) is 0 Å². The second-order valence-corrected chi connectivity index (χ2v) is 7.96. The van der Waals surface area contributed by atoms with E-state index < -0.39 is 0 Å². The number of piperidine rings is 1. The Morgan fingerprint density at radius 1 is 1.09 bits per heavy atom. The summed E-state index contributed by atoms with van der Waals surface area (Å²) in [7, 11) is 1.71. The molecule has 1 aliphatic heterocycles. The molecule has 1 fully saturated rings. The maximum absolute atomic E-state index is 9.32. The molecule has 1 saturated heterocycles. The second-order valence-electron chi connectivity index (χ2n) is 7.96. The summed E-state index contributed by atoms with van der Waals surface area (Å²) in [5.41, 5.74) is 3.63. The van der Waals surface area contributed by atoms with Gasteiger partial charge in [0.05, 0.1) is 13.7 Å². The summed E-state index contributed by atoms with van der Waals surface area (Å²) in [6.07, 6.45) is 3.00. The molecule has 0 aromatic heterocycles. The smallest absolute Gasteiger partial charge is 0.191 e. The lowest BCUT2D eigenvalue weighted by molar-refractivity contribution is 0.203. The molecule has 176 valence electrons. The van der Waals surface area contributed by atoms with Gasteiger partial charge in [0.1, 0.15) is 5.75 Å². The van der Waals surface area contributed by atoms with E-state index in [1.807, 2.05) is 18.2 Å². The summed E-state index contributed by atoms with van der Waals surface area (Å²) in [5.74, 6) is 2.21. The largest absolute Gasteiger partial charge is 0.496 e. The number of halogens is 1. The molecule has 0 amide bonds. The van der Waals surface area contributed by atoms with E-state index in [2.05, 4.69) is 52.8 Å². The summed E-state index contributed by atoms with van der Waals surface area (Å²) >= 11 is 0. The van der Waals surface area contributed by atoms with Crippen molar-refractivity contribution >= 4 is 35.6 Å². The summed E-state index contributed by atoms with van der Waals surface area (Å²) in [4.78, 5) is 7.15. The molecule has 0 unspecified atom stereocenters. The third kappa shape index (κ3) is 7.85. The molecule has 0 saturated carbocycles. The number of hydrogen-bond acceptors (Lipinski definition) is 4. The van der Waals surface area contributed by atoms with Crippen LogP contribution in [0.5, 0.6) is 5.75 Å². The molecular formula is C25H37IN4O2.